The highest BCUT2D eigenvalue weighted by Crippen LogP contribution is 2.30. The molecule has 17 heavy (non-hydrogen) atoms. The van der Waals surface area contributed by atoms with E-state index in [1.54, 1.807) is 0 Å². The summed E-state index contributed by atoms with van der Waals surface area (Å²) >= 11 is 12.0. The van der Waals surface area contributed by atoms with E-state index >= 15 is 0 Å². The highest BCUT2D eigenvalue weighted by molar-refractivity contribution is 6.32. The van der Waals surface area contributed by atoms with Crippen LogP contribution in [0.25, 0.3) is 0 Å². The summed E-state index contributed by atoms with van der Waals surface area (Å²) in [7, 11) is 0. The van der Waals surface area contributed by atoms with Gasteiger partial charge in [-0.1, -0.05) is 24.6 Å². The molecule has 1 aromatic rings. The molecule has 0 aromatic heterocycles. The van der Waals surface area contributed by atoms with Crippen molar-refractivity contribution in [3.63, 3.8) is 0 Å². The van der Waals surface area contributed by atoms with E-state index in [4.69, 9.17) is 23.2 Å². The number of piperidine rings is 1. The van der Waals surface area contributed by atoms with Crippen molar-refractivity contribution in [1.82, 2.24) is 0 Å². The Morgan fingerprint density at radius 2 is 2.06 bits per heavy atom. The second-order valence-electron chi connectivity index (χ2n) is 5.09. The molecule has 1 nitrogen and oxygen atoms in total. The molecule has 0 N–H and O–H groups in total. The Hall–Kier alpha value is -0.400. The van der Waals surface area contributed by atoms with Crippen molar-refractivity contribution >= 4 is 28.9 Å². The minimum atomic E-state index is 0.477. The fraction of sp³-hybridized carbons (Fsp3) is 0.571. The van der Waals surface area contributed by atoms with Crippen LogP contribution >= 0.6 is 23.2 Å². The van der Waals surface area contributed by atoms with Crippen LogP contribution in [0, 0.1) is 5.92 Å². The first-order valence-electron chi connectivity index (χ1n) is 6.23. The summed E-state index contributed by atoms with van der Waals surface area (Å²) in [5, 5.41) is 0.780. The Balaban J connectivity index is 2.23. The minimum absolute atomic E-state index is 0.477. The third-order valence-electron chi connectivity index (χ3n) is 3.63. The van der Waals surface area contributed by atoms with E-state index in [0.717, 1.165) is 23.0 Å². The van der Waals surface area contributed by atoms with E-state index < -0.39 is 0 Å². The van der Waals surface area contributed by atoms with Gasteiger partial charge in [0.2, 0.25) is 0 Å². The zero-order chi connectivity index (χ0) is 12.4. The van der Waals surface area contributed by atoms with Gasteiger partial charge in [-0.25, -0.2) is 0 Å². The molecular formula is C14H19Cl2N. The number of rotatable bonds is 2. The first-order chi connectivity index (χ1) is 8.11. The monoisotopic (exact) mass is 271 g/mol. The van der Waals surface area contributed by atoms with Crippen LogP contribution in [0.2, 0.25) is 5.02 Å². The van der Waals surface area contributed by atoms with Crippen LogP contribution in [0.15, 0.2) is 18.2 Å². The van der Waals surface area contributed by atoms with Crippen molar-refractivity contribution in [3.05, 3.63) is 28.8 Å². The van der Waals surface area contributed by atoms with Crippen LogP contribution in [-0.2, 0) is 5.88 Å². The van der Waals surface area contributed by atoms with Gasteiger partial charge in [0.1, 0.15) is 0 Å². The Kier molecular flexibility index (Phi) is 4.22. The van der Waals surface area contributed by atoms with Crippen LogP contribution in [0.1, 0.15) is 32.3 Å². The molecule has 0 bridgehead atoms. The summed E-state index contributed by atoms with van der Waals surface area (Å²) in [6, 6.07) is 6.83. The summed E-state index contributed by atoms with van der Waals surface area (Å²) in [4.78, 5) is 2.46. The molecule has 0 spiro atoms. The zero-order valence-corrected chi connectivity index (χ0v) is 11.9. The van der Waals surface area contributed by atoms with Crippen LogP contribution in [-0.4, -0.2) is 12.6 Å². The van der Waals surface area contributed by atoms with E-state index in [0.29, 0.717) is 11.9 Å². The molecule has 1 saturated heterocycles. The highest BCUT2D eigenvalue weighted by atomic mass is 35.5. The van der Waals surface area contributed by atoms with Crippen LogP contribution < -0.4 is 4.90 Å². The predicted octanol–water partition coefficient (Wildman–Crippen LogP) is 4.70. The lowest BCUT2D eigenvalue weighted by Gasteiger charge is -2.38. The molecule has 0 saturated carbocycles. The quantitative estimate of drug-likeness (QED) is 0.705. The molecule has 1 aliphatic rings. The molecule has 1 fully saturated rings. The molecule has 1 aromatic carbocycles. The smallest absolute Gasteiger partial charge is 0.0488 e. The lowest BCUT2D eigenvalue weighted by molar-refractivity contribution is 0.390. The Morgan fingerprint density at radius 1 is 1.29 bits per heavy atom. The molecular weight excluding hydrogens is 253 g/mol. The summed E-state index contributed by atoms with van der Waals surface area (Å²) in [6.07, 6.45) is 2.58. The van der Waals surface area contributed by atoms with Gasteiger partial charge >= 0.3 is 0 Å². The van der Waals surface area contributed by atoms with Crippen LogP contribution in [0.5, 0.6) is 0 Å². The predicted molar refractivity (Wildman–Crippen MR) is 76.2 cm³/mol. The third-order valence-corrected chi connectivity index (χ3v) is 4.27. The van der Waals surface area contributed by atoms with E-state index in [9.17, 15) is 0 Å². The van der Waals surface area contributed by atoms with Gasteiger partial charge < -0.3 is 4.90 Å². The zero-order valence-electron chi connectivity index (χ0n) is 10.4. The van der Waals surface area contributed by atoms with Gasteiger partial charge in [0.05, 0.1) is 0 Å². The first-order valence-corrected chi connectivity index (χ1v) is 7.14. The van der Waals surface area contributed by atoms with Gasteiger partial charge in [-0.05, 0) is 43.4 Å². The largest absolute Gasteiger partial charge is 0.369 e. The maximum Gasteiger partial charge on any atom is 0.0488 e. The number of benzene rings is 1. The number of hydrogen-bond donors (Lipinski definition) is 0. The average molecular weight is 272 g/mol. The average Bonchev–Trinajstić information content (AvgIpc) is 2.32. The van der Waals surface area contributed by atoms with Crippen LogP contribution in [0.3, 0.4) is 0 Å². The Bertz CT molecular complexity index is 392. The fourth-order valence-electron chi connectivity index (χ4n) is 2.47. The number of halogens is 2. The maximum absolute atomic E-state index is 6.22. The first kappa shape index (κ1) is 13.0. The topological polar surface area (TPSA) is 3.24 Å². The van der Waals surface area contributed by atoms with Gasteiger partial charge in [0.15, 0.2) is 0 Å². The minimum Gasteiger partial charge on any atom is -0.369 e. The van der Waals surface area contributed by atoms with E-state index in [-0.39, 0.29) is 0 Å². The Labute approximate surface area is 114 Å². The Morgan fingerprint density at radius 3 is 2.71 bits per heavy atom. The molecule has 2 unspecified atom stereocenters. The molecule has 2 rings (SSSR count). The summed E-state index contributed by atoms with van der Waals surface area (Å²) < 4.78 is 0. The standard InChI is InChI=1S/C14H19Cl2N/c1-10-3-4-11(2)17(9-10)13-6-5-12(8-15)14(16)7-13/h5-7,10-11H,3-4,8-9H2,1-2H3. The molecule has 3 heteroatoms. The summed E-state index contributed by atoms with van der Waals surface area (Å²) in [5.74, 6) is 1.24. The SMILES string of the molecule is CC1CCC(C)N(c2ccc(CCl)c(Cl)c2)C1. The van der Waals surface area contributed by atoms with E-state index in [2.05, 4.69) is 24.8 Å². The number of anilines is 1. The van der Waals surface area contributed by atoms with Crippen LogP contribution in [0.4, 0.5) is 5.69 Å². The van der Waals surface area contributed by atoms with Gasteiger partial charge in [-0.3, -0.25) is 0 Å². The number of alkyl halides is 1. The number of hydrogen-bond acceptors (Lipinski definition) is 1. The molecule has 1 aliphatic heterocycles. The van der Waals surface area contributed by atoms with Crippen molar-refractivity contribution < 1.29 is 0 Å². The second kappa shape index (κ2) is 5.49. The molecule has 0 amide bonds. The van der Waals surface area contributed by atoms with E-state index in [1.807, 2.05) is 12.1 Å². The van der Waals surface area contributed by atoms with Crippen molar-refractivity contribution in [3.8, 4) is 0 Å². The summed E-state index contributed by atoms with van der Waals surface area (Å²) in [6.45, 7) is 5.72. The molecule has 0 radical (unpaired) electrons. The molecule has 0 aliphatic carbocycles. The van der Waals surface area contributed by atoms with Gasteiger partial charge in [0, 0.05) is 29.2 Å². The third kappa shape index (κ3) is 2.89. The molecule has 94 valence electrons. The molecule has 1 heterocycles. The van der Waals surface area contributed by atoms with Gasteiger partial charge in [-0.2, -0.15) is 0 Å². The van der Waals surface area contributed by atoms with Crippen molar-refractivity contribution in [2.45, 2.75) is 38.6 Å². The van der Waals surface area contributed by atoms with Crippen molar-refractivity contribution in [2.75, 3.05) is 11.4 Å². The summed E-state index contributed by atoms with van der Waals surface area (Å²) in [5.41, 5.74) is 2.23. The molecule has 2 atom stereocenters. The lowest BCUT2D eigenvalue weighted by Crippen LogP contribution is -2.41. The van der Waals surface area contributed by atoms with Gasteiger partial charge in [-0.15, -0.1) is 11.6 Å². The number of nitrogens with zero attached hydrogens (tertiary/aromatic N) is 1. The highest BCUT2D eigenvalue weighted by Gasteiger charge is 2.23. The second-order valence-corrected chi connectivity index (χ2v) is 5.77. The van der Waals surface area contributed by atoms with E-state index in [1.165, 1.54) is 18.5 Å². The van der Waals surface area contributed by atoms with Crippen molar-refractivity contribution in [2.24, 2.45) is 5.92 Å². The normalized spacial score (nSPS) is 25.1. The van der Waals surface area contributed by atoms with Gasteiger partial charge in [0.25, 0.3) is 0 Å². The fourth-order valence-corrected chi connectivity index (χ4v) is 3.01. The lowest BCUT2D eigenvalue weighted by atomic mass is 9.94. The maximum atomic E-state index is 6.22. The van der Waals surface area contributed by atoms with Crippen molar-refractivity contribution in [1.29, 1.82) is 0 Å².